The van der Waals surface area contributed by atoms with Crippen molar-refractivity contribution in [2.24, 2.45) is 0 Å². The Morgan fingerprint density at radius 3 is 2.90 bits per heavy atom. The van der Waals surface area contributed by atoms with Crippen LogP contribution in [0.2, 0.25) is 0 Å². The minimum atomic E-state index is -3.65. The smallest absolute Gasteiger partial charge is 0.246 e. The van der Waals surface area contributed by atoms with E-state index in [0.717, 1.165) is 6.42 Å². The van der Waals surface area contributed by atoms with Crippen LogP contribution in [0.25, 0.3) is 0 Å². The largest absolute Gasteiger partial charge is 0.301 e. The normalized spacial score (nSPS) is 21.6. The van der Waals surface area contributed by atoms with E-state index in [2.05, 4.69) is 9.88 Å². The molecule has 0 bridgehead atoms. The van der Waals surface area contributed by atoms with E-state index < -0.39 is 10.0 Å². The van der Waals surface area contributed by atoms with Gasteiger partial charge < -0.3 is 4.90 Å². The lowest BCUT2D eigenvalue weighted by atomic mass is 10.1. The highest BCUT2D eigenvalue weighted by atomic mass is 32.2. The van der Waals surface area contributed by atoms with Crippen molar-refractivity contribution >= 4 is 10.0 Å². The van der Waals surface area contributed by atoms with Crippen LogP contribution in [0, 0.1) is 11.3 Å². The van der Waals surface area contributed by atoms with Gasteiger partial charge in [-0.05, 0) is 25.6 Å². The van der Waals surface area contributed by atoms with Gasteiger partial charge in [0.05, 0.1) is 0 Å². The zero-order chi connectivity index (χ0) is 14.8. The summed E-state index contributed by atoms with van der Waals surface area (Å²) in [4.78, 5) is 6.00. The third-order valence-corrected chi connectivity index (χ3v) is 5.60. The van der Waals surface area contributed by atoms with Crippen LogP contribution >= 0.6 is 0 Å². The number of likely N-dealkylation sites (N-methyl/N-ethyl adjacent to an activating group) is 1. The lowest BCUT2D eigenvalue weighted by molar-refractivity contribution is 0.144. The second-order valence-corrected chi connectivity index (χ2v) is 6.77. The molecule has 20 heavy (non-hydrogen) atoms. The first-order valence-electron chi connectivity index (χ1n) is 6.56. The van der Waals surface area contributed by atoms with Crippen molar-refractivity contribution in [3.05, 3.63) is 24.0 Å². The Hall–Kier alpha value is -1.49. The molecular formula is C13H18N4O2S. The quantitative estimate of drug-likeness (QED) is 0.819. The van der Waals surface area contributed by atoms with Crippen molar-refractivity contribution in [2.75, 3.05) is 26.7 Å². The molecule has 2 rings (SSSR count). The summed E-state index contributed by atoms with van der Waals surface area (Å²) in [6.07, 6.45) is 2.32. The minimum Gasteiger partial charge on any atom is -0.301 e. The summed E-state index contributed by atoms with van der Waals surface area (Å²) in [5.41, 5.74) is -0.0422. The molecule has 108 valence electrons. The summed E-state index contributed by atoms with van der Waals surface area (Å²) >= 11 is 0. The van der Waals surface area contributed by atoms with Crippen LogP contribution in [0.5, 0.6) is 0 Å². The average Bonchev–Trinajstić information content (AvgIpc) is 2.47. The molecule has 0 spiro atoms. The van der Waals surface area contributed by atoms with Gasteiger partial charge in [0.2, 0.25) is 10.0 Å². The number of nitriles is 1. The number of hydrogen-bond donors (Lipinski definition) is 0. The zero-order valence-electron chi connectivity index (χ0n) is 11.7. The predicted octanol–water partition coefficient (Wildman–Crippen LogP) is 0.668. The number of rotatable bonds is 3. The molecule has 1 aromatic rings. The average molecular weight is 294 g/mol. The van der Waals surface area contributed by atoms with Crippen molar-refractivity contribution in [1.82, 2.24) is 14.2 Å². The van der Waals surface area contributed by atoms with Gasteiger partial charge >= 0.3 is 0 Å². The number of nitrogens with zero attached hydrogens (tertiary/aromatic N) is 4. The zero-order valence-corrected chi connectivity index (χ0v) is 12.5. The fourth-order valence-corrected chi connectivity index (χ4v) is 3.96. The highest BCUT2D eigenvalue weighted by Crippen LogP contribution is 2.22. The fraction of sp³-hybridized carbons (Fsp3) is 0.538. The van der Waals surface area contributed by atoms with Crippen LogP contribution in [0.4, 0.5) is 0 Å². The van der Waals surface area contributed by atoms with E-state index in [1.54, 1.807) is 6.07 Å². The van der Waals surface area contributed by atoms with Gasteiger partial charge in [-0.2, -0.15) is 9.57 Å². The summed E-state index contributed by atoms with van der Waals surface area (Å²) in [6.45, 7) is 3.63. The molecule has 1 aromatic heterocycles. The van der Waals surface area contributed by atoms with Gasteiger partial charge in [0.15, 0.2) is 5.69 Å². The van der Waals surface area contributed by atoms with Gasteiger partial charge in [0.1, 0.15) is 11.0 Å². The molecule has 1 saturated heterocycles. The van der Waals surface area contributed by atoms with E-state index in [1.807, 2.05) is 20.0 Å². The molecule has 0 N–H and O–H groups in total. The Morgan fingerprint density at radius 1 is 1.50 bits per heavy atom. The summed E-state index contributed by atoms with van der Waals surface area (Å²) in [5.74, 6) is 0. The maximum atomic E-state index is 12.7. The predicted molar refractivity (Wildman–Crippen MR) is 74.4 cm³/mol. The van der Waals surface area contributed by atoms with Gasteiger partial charge in [-0.25, -0.2) is 13.4 Å². The molecule has 7 heteroatoms. The summed E-state index contributed by atoms with van der Waals surface area (Å²) in [7, 11) is -1.65. The van der Waals surface area contributed by atoms with Crippen LogP contribution in [-0.2, 0) is 10.0 Å². The summed E-state index contributed by atoms with van der Waals surface area (Å²) in [6, 6.07) is 5.04. The van der Waals surface area contributed by atoms with Crippen molar-refractivity contribution in [3.63, 3.8) is 0 Å². The van der Waals surface area contributed by atoms with Gasteiger partial charge in [-0.3, -0.25) is 0 Å². The van der Waals surface area contributed by atoms with Crippen LogP contribution in [0.15, 0.2) is 23.2 Å². The van der Waals surface area contributed by atoms with E-state index in [9.17, 15) is 8.42 Å². The Balaban J connectivity index is 2.34. The van der Waals surface area contributed by atoms with E-state index in [0.29, 0.717) is 19.6 Å². The van der Waals surface area contributed by atoms with Crippen molar-refractivity contribution in [1.29, 1.82) is 5.26 Å². The van der Waals surface area contributed by atoms with Crippen LogP contribution in [-0.4, -0.2) is 55.3 Å². The van der Waals surface area contributed by atoms with Crippen molar-refractivity contribution in [3.8, 4) is 6.07 Å². The van der Waals surface area contributed by atoms with E-state index >= 15 is 0 Å². The minimum absolute atomic E-state index is 0.00176. The maximum absolute atomic E-state index is 12.7. The Morgan fingerprint density at radius 2 is 2.25 bits per heavy atom. The SMILES string of the molecule is CCC1CN(S(=O)(=O)c2cccnc2C#N)CCN1C. The third kappa shape index (κ3) is 2.68. The lowest BCUT2D eigenvalue weighted by Gasteiger charge is -2.38. The fourth-order valence-electron chi connectivity index (χ4n) is 2.40. The number of aromatic nitrogens is 1. The van der Waals surface area contributed by atoms with E-state index in [-0.39, 0.29) is 16.6 Å². The number of hydrogen-bond acceptors (Lipinski definition) is 5. The molecular weight excluding hydrogens is 276 g/mol. The van der Waals surface area contributed by atoms with Gasteiger partial charge in [0.25, 0.3) is 0 Å². The molecule has 1 aliphatic heterocycles. The van der Waals surface area contributed by atoms with Gasteiger partial charge in [-0.15, -0.1) is 0 Å². The molecule has 0 radical (unpaired) electrons. The second-order valence-electron chi connectivity index (χ2n) is 4.87. The molecule has 1 atom stereocenters. The highest BCUT2D eigenvalue weighted by Gasteiger charge is 2.33. The first-order valence-corrected chi connectivity index (χ1v) is 8.00. The van der Waals surface area contributed by atoms with Gasteiger partial charge in [-0.1, -0.05) is 6.92 Å². The Kier molecular flexibility index (Phi) is 4.38. The molecule has 0 amide bonds. The number of piperazine rings is 1. The molecule has 6 nitrogen and oxygen atoms in total. The number of pyridine rings is 1. The molecule has 1 fully saturated rings. The van der Waals surface area contributed by atoms with Crippen LogP contribution in [0.1, 0.15) is 19.0 Å². The first kappa shape index (κ1) is 14.9. The maximum Gasteiger partial charge on any atom is 0.246 e. The Bertz CT molecular complexity index is 624. The van der Waals surface area contributed by atoms with E-state index in [1.165, 1.54) is 16.6 Å². The van der Waals surface area contributed by atoms with Crippen molar-refractivity contribution in [2.45, 2.75) is 24.3 Å². The lowest BCUT2D eigenvalue weighted by Crippen LogP contribution is -2.52. The van der Waals surface area contributed by atoms with Crippen molar-refractivity contribution < 1.29 is 8.42 Å². The standard InChI is InChI=1S/C13H18N4O2S/c1-3-11-10-17(8-7-16(11)2)20(18,19)13-5-4-6-15-12(13)9-14/h4-6,11H,3,7-8,10H2,1-2H3. The van der Waals surface area contributed by atoms with Crippen LogP contribution in [0.3, 0.4) is 0 Å². The molecule has 1 unspecified atom stereocenters. The number of sulfonamides is 1. The molecule has 0 aliphatic carbocycles. The monoisotopic (exact) mass is 294 g/mol. The van der Waals surface area contributed by atoms with Crippen LogP contribution < -0.4 is 0 Å². The summed E-state index contributed by atoms with van der Waals surface area (Å²) < 4.78 is 26.8. The molecule has 0 saturated carbocycles. The second kappa shape index (κ2) is 5.87. The van der Waals surface area contributed by atoms with E-state index in [4.69, 9.17) is 5.26 Å². The molecule has 2 heterocycles. The summed E-state index contributed by atoms with van der Waals surface area (Å²) in [5, 5.41) is 9.02. The molecule has 0 aromatic carbocycles. The molecule has 1 aliphatic rings. The first-order chi connectivity index (χ1) is 9.50. The topological polar surface area (TPSA) is 77.3 Å². The third-order valence-electron chi connectivity index (χ3n) is 3.71. The Labute approximate surface area is 119 Å². The van der Waals surface area contributed by atoms with Gasteiger partial charge in [0, 0.05) is 31.9 Å². The highest BCUT2D eigenvalue weighted by molar-refractivity contribution is 7.89.